The smallest absolute Gasteiger partial charge is 0.408 e. The van der Waals surface area contributed by atoms with E-state index in [0.717, 1.165) is 19.3 Å². The van der Waals surface area contributed by atoms with Gasteiger partial charge in [0.05, 0.1) is 6.61 Å². The van der Waals surface area contributed by atoms with Crippen LogP contribution in [0.5, 0.6) is 0 Å². The fourth-order valence-corrected chi connectivity index (χ4v) is 5.04. The van der Waals surface area contributed by atoms with Crippen LogP contribution in [-0.4, -0.2) is 65.3 Å². The standard InChI is InChI=1S/C29H51N3O6S/c1-11-15-32(26(33)24(20(7)13-3)31-28(35)38-29(8,9)10)22(19(5)6)17-23(37-16-12-2)25-30-21(18-39-25)27(34)36-14-4/h18-20,22-24H,11-17H2,1-10H3,(H,31,35)/t20-,22+,23+,24+/m0/s1. The Labute approximate surface area is 239 Å². The van der Waals surface area contributed by atoms with E-state index in [1.807, 2.05) is 32.6 Å². The lowest BCUT2D eigenvalue weighted by Crippen LogP contribution is -2.56. The molecule has 0 bridgehead atoms. The monoisotopic (exact) mass is 569 g/mol. The Bertz CT molecular complexity index is 898. The van der Waals surface area contributed by atoms with Crippen LogP contribution in [0.15, 0.2) is 5.38 Å². The molecule has 39 heavy (non-hydrogen) atoms. The summed E-state index contributed by atoms with van der Waals surface area (Å²) in [5, 5.41) is 5.24. The fraction of sp³-hybridized carbons (Fsp3) is 0.793. The van der Waals surface area contributed by atoms with E-state index in [1.165, 1.54) is 11.3 Å². The largest absolute Gasteiger partial charge is 0.461 e. The van der Waals surface area contributed by atoms with E-state index in [1.54, 1.807) is 33.1 Å². The maximum absolute atomic E-state index is 14.1. The predicted octanol–water partition coefficient (Wildman–Crippen LogP) is 6.38. The number of nitrogens with zero attached hydrogens (tertiary/aromatic N) is 2. The van der Waals surface area contributed by atoms with Gasteiger partial charge < -0.3 is 24.4 Å². The topological polar surface area (TPSA) is 107 Å². The Hall–Kier alpha value is -2.20. The van der Waals surface area contributed by atoms with E-state index in [2.05, 4.69) is 24.1 Å². The summed E-state index contributed by atoms with van der Waals surface area (Å²) in [6.45, 7) is 20.7. The average Bonchev–Trinajstić information content (AvgIpc) is 3.35. The Morgan fingerprint density at radius 2 is 1.74 bits per heavy atom. The highest BCUT2D eigenvalue weighted by molar-refractivity contribution is 7.09. The zero-order valence-corrected chi connectivity index (χ0v) is 26.5. The highest BCUT2D eigenvalue weighted by Gasteiger charge is 2.37. The van der Waals surface area contributed by atoms with E-state index in [4.69, 9.17) is 14.2 Å². The molecule has 0 fully saturated rings. The van der Waals surface area contributed by atoms with Crippen LogP contribution in [0.2, 0.25) is 0 Å². The number of rotatable bonds is 16. The average molecular weight is 570 g/mol. The SMILES string of the molecule is CCCO[C@H](C[C@H](C(C)C)N(CCC)C(=O)[C@H](NC(=O)OC(C)(C)C)[C@@H](C)CC)c1nc(C(=O)OCC)cs1. The fourth-order valence-electron chi connectivity index (χ4n) is 4.19. The van der Waals surface area contributed by atoms with E-state index >= 15 is 0 Å². The van der Waals surface area contributed by atoms with Gasteiger partial charge in [-0.15, -0.1) is 11.3 Å². The van der Waals surface area contributed by atoms with E-state index < -0.39 is 29.8 Å². The molecular weight excluding hydrogens is 518 g/mol. The molecule has 224 valence electrons. The number of hydrogen-bond acceptors (Lipinski definition) is 8. The van der Waals surface area contributed by atoms with Crippen molar-refractivity contribution in [2.75, 3.05) is 19.8 Å². The Balaban J connectivity index is 3.35. The van der Waals surface area contributed by atoms with Gasteiger partial charge in [0.25, 0.3) is 0 Å². The van der Waals surface area contributed by atoms with Gasteiger partial charge in [0.2, 0.25) is 5.91 Å². The van der Waals surface area contributed by atoms with Crippen molar-refractivity contribution in [1.82, 2.24) is 15.2 Å². The number of nitrogens with one attached hydrogen (secondary N) is 1. The van der Waals surface area contributed by atoms with Gasteiger partial charge in [-0.1, -0.05) is 48.0 Å². The highest BCUT2D eigenvalue weighted by atomic mass is 32.1. The highest BCUT2D eigenvalue weighted by Crippen LogP contribution is 2.31. The van der Waals surface area contributed by atoms with Crippen LogP contribution >= 0.6 is 11.3 Å². The van der Waals surface area contributed by atoms with E-state index in [9.17, 15) is 14.4 Å². The molecule has 1 rings (SSSR count). The normalized spacial score (nSPS) is 14.8. The molecular formula is C29H51N3O6S. The van der Waals surface area contributed by atoms with Crippen molar-refractivity contribution >= 4 is 29.3 Å². The minimum atomic E-state index is -0.720. The van der Waals surface area contributed by atoms with Gasteiger partial charge in [-0.05, 0) is 52.4 Å². The summed E-state index contributed by atoms with van der Waals surface area (Å²) in [5.41, 5.74) is -0.403. The summed E-state index contributed by atoms with van der Waals surface area (Å²) in [7, 11) is 0. The number of amides is 2. The number of carbonyl (C=O) groups is 3. The van der Waals surface area contributed by atoms with Crippen LogP contribution in [-0.2, 0) is 19.0 Å². The molecule has 1 aromatic heterocycles. The maximum atomic E-state index is 14.1. The molecule has 0 aliphatic heterocycles. The van der Waals surface area contributed by atoms with Crippen molar-refractivity contribution in [2.24, 2.45) is 11.8 Å². The van der Waals surface area contributed by atoms with Gasteiger partial charge in [0, 0.05) is 31.0 Å². The summed E-state index contributed by atoms with van der Waals surface area (Å²) in [5.74, 6) is -0.564. The van der Waals surface area contributed by atoms with Gasteiger partial charge in [0.1, 0.15) is 22.8 Å². The molecule has 9 nitrogen and oxygen atoms in total. The summed E-state index contributed by atoms with van der Waals surface area (Å²) < 4.78 is 16.8. The second-order valence-corrected chi connectivity index (χ2v) is 12.1. The first kappa shape index (κ1) is 34.8. The maximum Gasteiger partial charge on any atom is 0.408 e. The van der Waals surface area contributed by atoms with Gasteiger partial charge in [-0.25, -0.2) is 14.6 Å². The number of esters is 1. The quantitative estimate of drug-likeness (QED) is 0.230. The van der Waals surface area contributed by atoms with Crippen LogP contribution in [0.3, 0.4) is 0 Å². The van der Waals surface area contributed by atoms with Crippen LogP contribution < -0.4 is 5.32 Å². The third-order valence-electron chi connectivity index (χ3n) is 6.33. The van der Waals surface area contributed by atoms with Crippen molar-refractivity contribution in [3.63, 3.8) is 0 Å². The Morgan fingerprint density at radius 1 is 1.08 bits per heavy atom. The summed E-state index contributed by atoms with van der Waals surface area (Å²) in [6, 6.07) is -0.899. The third-order valence-corrected chi connectivity index (χ3v) is 7.27. The van der Waals surface area contributed by atoms with Crippen molar-refractivity contribution in [3.05, 3.63) is 16.1 Å². The number of thiazole rings is 1. The van der Waals surface area contributed by atoms with Crippen LogP contribution in [0.1, 0.15) is 117 Å². The van der Waals surface area contributed by atoms with E-state index in [-0.39, 0.29) is 36.1 Å². The minimum absolute atomic E-state index is 0.0876. The molecule has 0 saturated heterocycles. The summed E-state index contributed by atoms with van der Waals surface area (Å²) >= 11 is 1.36. The summed E-state index contributed by atoms with van der Waals surface area (Å²) in [4.78, 5) is 45.5. The van der Waals surface area contributed by atoms with Crippen molar-refractivity contribution < 1.29 is 28.6 Å². The lowest BCUT2D eigenvalue weighted by molar-refractivity contribution is -0.139. The molecule has 0 unspecified atom stereocenters. The van der Waals surface area contributed by atoms with Crippen molar-refractivity contribution in [1.29, 1.82) is 0 Å². The molecule has 1 heterocycles. The van der Waals surface area contributed by atoms with Crippen LogP contribution in [0.4, 0.5) is 4.79 Å². The Morgan fingerprint density at radius 3 is 2.26 bits per heavy atom. The molecule has 1 aromatic rings. The minimum Gasteiger partial charge on any atom is -0.461 e. The van der Waals surface area contributed by atoms with Gasteiger partial charge in [0.15, 0.2) is 5.69 Å². The van der Waals surface area contributed by atoms with Gasteiger partial charge >= 0.3 is 12.1 Å². The molecule has 0 aromatic carbocycles. The first-order chi connectivity index (χ1) is 18.3. The zero-order chi connectivity index (χ0) is 29.8. The van der Waals surface area contributed by atoms with Crippen molar-refractivity contribution in [2.45, 2.75) is 119 Å². The first-order valence-corrected chi connectivity index (χ1v) is 15.2. The lowest BCUT2D eigenvalue weighted by atomic mass is 9.92. The molecule has 0 radical (unpaired) electrons. The van der Waals surface area contributed by atoms with Crippen LogP contribution in [0.25, 0.3) is 0 Å². The summed E-state index contributed by atoms with van der Waals surface area (Å²) in [6.07, 6.45) is 1.83. The first-order valence-electron chi connectivity index (χ1n) is 14.3. The second kappa shape index (κ2) is 16.8. The molecule has 1 N–H and O–H groups in total. The molecule has 4 atom stereocenters. The molecule has 0 aliphatic rings. The lowest BCUT2D eigenvalue weighted by Gasteiger charge is -2.39. The number of hydrogen-bond donors (Lipinski definition) is 1. The molecule has 0 saturated carbocycles. The molecule has 0 aliphatic carbocycles. The van der Waals surface area contributed by atoms with Crippen molar-refractivity contribution in [3.8, 4) is 0 Å². The number of alkyl carbamates (subject to hydrolysis) is 1. The number of carbonyl (C=O) groups excluding carboxylic acids is 3. The third kappa shape index (κ3) is 11.4. The predicted molar refractivity (Wildman–Crippen MR) is 155 cm³/mol. The Kier molecular flexibility index (Phi) is 15.0. The second-order valence-electron chi connectivity index (χ2n) is 11.2. The van der Waals surface area contributed by atoms with E-state index in [0.29, 0.717) is 24.6 Å². The number of ether oxygens (including phenoxy) is 3. The number of aromatic nitrogens is 1. The molecule has 0 spiro atoms. The zero-order valence-electron chi connectivity index (χ0n) is 25.7. The van der Waals surface area contributed by atoms with Crippen LogP contribution in [0, 0.1) is 11.8 Å². The molecule has 10 heteroatoms. The van der Waals surface area contributed by atoms with Gasteiger partial charge in [-0.3, -0.25) is 4.79 Å². The molecule has 2 amide bonds. The van der Waals surface area contributed by atoms with Gasteiger partial charge in [-0.2, -0.15) is 0 Å².